The van der Waals surface area contributed by atoms with E-state index >= 15 is 0 Å². The number of halogens is 1. The average Bonchev–Trinajstić information content (AvgIpc) is 3.07. The van der Waals surface area contributed by atoms with E-state index in [1.807, 2.05) is 42.7 Å². The number of Topliss-reactive ketones (excluding diaryl/α,β-unsaturated/α-hetero) is 1. The lowest BCUT2D eigenvalue weighted by atomic mass is 10.1. The van der Waals surface area contributed by atoms with Gasteiger partial charge in [-0.2, -0.15) is 0 Å². The van der Waals surface area contributed by atoms with Gasteiger partial charge in [-0.25, -0.2) is 4.79 Å². The van der Waals surface area contributed by atoms with E-state index in [9.17, 15) is 14.7 Å². The third-order valence-corrected chi connectivity index (χ3v) is 5.58. The van der Waals surface area contributed by atoms with Crippen molar-refractivity contribution in [2.24, 2.45) is 0 Å². The molecule has 1 aliphatic heterocycles. The van der Waals surface area contributed by atoms with Gasteiger partial charge in [-0.15, -0.1) is 0 Å². The Morgan fingerprint density at radius 2 is 1.88 bits per heavy atom. The van der Waals surface area contributed by atoms with Crippen LogP contribution in [0.2, 0.25) is 5.02 Å². The Bertz CT molecular complexity index is 1190. The third-order valence-electron chi connectivity index (χ3n) is 5.34. The van der Waals surface area contributed by atoms with E-state index in [-0.39, 0.29) is 28.2 Å². The molecule has 2 aromatic carbocycles. The summed E-state index contributed by atoms with van der Waals surface area (Å²) in [4.78, 5) is 25.0. The normalized spacial score (nSPS) is 14.8. The Morgan fingerprint density at radius 1 is 1.12 bits per heavy atom. The predicted molar refractivity (Wildman–Crippen MR) is 118 cm³/mol. The molecule has 32 heavy (non-hydrogen) atoms. The Morgan fingerprint density at radius 3 is 2.66 bits per heavy atom. The van der Waals surface area contributed by atoms with Gasteiger partial charge in [-0.1, -0.05) is 23.7 Å². The van der Waals surface area contributed by atoms with Crippen LogP contribution in [-0.2, 0) is 11.3 Å². The number of phenols is 1. The van der Waals surface area contributed by atoms with Gasteiger partial charge in [-0.05, 0) is 50.2 Å². The van der Waals surface area contributed by atoms with Crippen LogP contribution < -0.4 is 9.47 Å². The maximum atomic E-state index is 12.7. The van der Waals surface area contributed by atoms with E-state index in [2.05, 4.69) is 0 Å². The minimum atomic E-state index is -0.821. The number of aromatic hydroxyl groups is 1. The maximum absolute atomic E-state index is 12.7. The van der Waals surface area contributed by atoms with Crippen LogP contribution in [0.3, 0.4) is 0 Å². The van der Waals surface area contributed by atoms with Crippen LogP contribution in [0, 0.1) is 13.8 Å². The number of esters is 1. The van der Waals surface area contributed by atoms with Gasteiger partial charge in [0.15, 0.2) is 24.2 Å². The van der Waals surface area contributed by atoms with E-state index in [4.69, 9.17) is 25.8 Å². The number of hydrogen-bond donors (Lipinski definition) is 1. The number of aromatic nitrogens is 1. The standard InChI is InChI=1S/C24H22ClNO6/c1-14-9-18(21(28)13-31-24(29)19-10-16(25)7-8-20(19)27)15(2)26(14)11-17-12-30-22-5-3-4-6-23(22)32-17/h3-10,17,27H,11-13H2,1-2H3. The molecule has 1 aliphatic rings. The smallest absolute Gasteiger partial charge is 0.342 e. The molecule has 166 valence electrons. The topological polar surface area (TPSA) is 87.0 Å². The number of nitrogens with zero attached hydrogens (tertiary/aromatic N) is 1. The van der Waals surface area contributed by atoms with E-state index in [1.54, 1.807) is 6.07 Å². The number of rotatable bonds is 6. The van der Waals surface area contributed by atoms with Crippen LogP contribution in [0.4, 0.5) is 0 Å². The molecule has 4 rings (SSSR count). The van der Waals surface area contributed by atoms with Gasteiger partial charge in [-0.3, -0.25) is 4.79 Å². The summed E-state index contributed by atoms with van der Waals surface area (Å²) >= 11 is 5.86. The summed E-state index contributed by atoms with van der Waals surface area (Å²) in [7, 11) is 0. The molecule has 0 bridgehead atoms. The number of para-hydroxylation sites is 2. The number of carbonyl (C=O) groups excluding carboxylic acids is 2. The number of ether oxygens (including phenoxy) is 3. The van der Waals surface area contributed by atoms with Crippen molar-refractivity contribution in [1.82, 2.24) is 4.57 Å². The van der Waals surface area contributed by atoms with Gasteiger partial charge in [0.25, 0.3) is 0 Å². The van der Waals surface area contributed by atoms with Crippen LogP contribution >= 0.6 is 11.6 Å². The van der Waals surface area contributed by atoms with Crippen molar-refractivity contribution in [3.8, 4) is 17.2 Å². The molecular formula is C24H22ClNO6. The van der Waals surface area contributed by atoms with Crippen LogP contribution in [0.5, 0.6) is 17.2 Å². The largest absolute Gasteiger partial charge is 0.507 e. The molecule has 3 aromatic rings. The molecule has 0 aliphatic carbocycles. The van der Waals surface area contributed by atoms with Gasteiger partial charge in [0.2, 0.25) is 5.78 Å². The van der Waals surface area contributed by atoms with Crippen molar-refractivity contribution in [3.63, 3.8) is 0 Å². The first kappa shape index (κ1) is 21.8. The summed E-state index contributed by atoms with van der Waals surface area (Å²) in [5, 5.41) is 10.1. The number of aryl methyl sites for hydroxylation is 1. The molecule has 0 saturated heterocycles. The first-order valence-electron chi connectivity index (χ1n) is 10.1. The molecule has 1 aromatic heterocycles. The molecule has 0 radical (unpaired) electrons. The maximum Gasteiger partial charge on any atom is 0.342 e. The Balaban J connectivity index is 1.43. The summed E-state index contributed by atoms with van der Waals surface area (Å²) < 4.78 is 18.9. The number of carbonyl (C=O) groups is 2. The van der Waals surface area contributed by atoms with Crippen molar-refractivity contribution >= 4 is 23.4 Å². The highest BCUT2D eigenvalue weighted by atomic mass is 35.5. The summed E-state index contributed by atoms with van der Waals surface area (Å²) in [5.41, 5.74) is 2.00. The molecular weight excluding hydrogens is 434 g/mol. The molecule has 0 fully saturated rings. The number of phenolic OH excluding ortho intramolecular Hbond substituents is 1. The van der Waals surface area contributed by atoms with E-state index in [0.29, 0.717) is 30.2 Å². The first-order chi connectivity index (χ1) is 15.3. The monoisotopic (exact) mass is 455 g/mol. The zero-order valence-corrected chi connectivity index (χ0v) is 18.4. The fourth-order valence-electron chi connectivity index (χ4n) is 3.68. The molecule has 1 N–H and O–H groups in total. The molecule has 8 heteroatoms. The summed E-state index contributed by atoms with van der Waals surface area (Å²) in [6.45, 7) is 4.19. The molecule has 1 atom stereocenters. The van der Waals surface area contributed by atoms with E-state index in [0.717, 1.165) is 11.4 Å². The van der Waals surface area contributed by atoms with Gasteiger partial charge in [0, 0.05) is 22.0 Å². The zero-order valence-electron chi connectivity index (χ0n) is 17.6. The Labute approximate surface area is 190 Å². The molecule has 0 saturated carbocycles. The lowest BCUT2D eigenvalue weighted by Crippen LogP contribution is -2.33. The number of ketones is 1. The van der Waals surface area contributed by atoms with Gasteiger partial charge >= 0.3 is 5.97 Å². The Hall–Kier alpha value is -3.45. The van der Waals surface area contributed by atoms with Gasteiger partial charge in [0.05, 0.1) is 6.54 Å². The fraction of sp³-hybridized carbons (Fsp3) is 0.250. The second kappa shape index (κ2) is 8.96. The molecule has 7 nitrogen and oxygen atoms in total. The highest BCUT2D eigenvalue weighted by Crippen LogP contribution is 2.31. The minimum Gasteiger partial charge on any atom is -0.507 e. The van der Waals surface area contributed by atoms with Gasteiger partial charge < -0.3 is 23.9 Å². The van der Waals surface area contributed by atoms with E-state index in [1.165, 1.54) is 18.2 Å². The summed E-state index contributed by atoms with van der Waals surface area (Å²) in [5.74, 6) is -0.0166. The number of hydrogen-bond acceptors (Lipinski definition) is 6. The van der Waals surface area contributed by atoms with Crippen LogP contribution in [0.25, 0.3) is 0 Å². The first-order valence-corrected chi connectivity index (χ1v) is 10.5. The fourth-order valence-corrected chi connectivity index (χ4v) is 3.85. The van der Waals surface area contributed by atoms with Gasteiger partial charge in [0.1, 0.15) is 17.9 Å². The van der Waals surface area contributed by atoms with Crippen molar-refractivity contribution in [1.29, 1.82) is 0 Å². The molecule has 0 spiro atoms. The molecule has 1 unspecified atom stereocenters. The van der Waals surface area contributed by atoms with Crippen molar-refractivity contribution in [2.75, 3.05) is 13.2 Å². The Kier molecular flexibility index (Phi) is 6.10. The highest BCUT2D eigenvalue weighted by molar-refractivity contribution is 6.31. The second-order valence-electron chi connectivity index (χ2n) is 7.55. The summed E-state index contributed by atoms with van der Waals surface area (Å²) in [6.07, 6.45) is -0.207. The van der Waals surface area contributed by atoms with E-state index < -0.39 is 12.6 Å². The molecule has 0 amide bonds. The number of benzene rings is 2. The summed E-state index contributed by atoms with van der Waals surface area (Å²) in [6, 6.07) is 13.3. The van der Waals surface area contributed by atoms with Crippen molar-refractivity contribution in [3.05, 3.63) is 76.1 Å². The average molecular weight is 456 g/mol. The minimum absolute atomic E-state index is 0.0921. The number of fused-ring (bicyclic) bond motifs is 1. The lowest BCUT2D eigenvalue weighted by Gasteiger charge is -2.27. The van der Waals surface area contributed by atoms with Crippen LogP contribution in [0.15, 0.2) is 48.5 Å². The van der Waals surface area contributed by atoms with Crippen LogP contribution in [0.1, 0.15) is 32.1 Å². The third kappa shape index (κ3) is 4.43. The second-order valence-corrected chi connectivity index (χ2v) is 7.99. The SMILES string of the molecule is Cc1cc(C(=O)COC(=O)c2cc(Cl)ccc2O)c(C)n1CC1COc2ccccc2O1. The van der Waals surface area contributed by atoms with Crippen LogP contribution in [-0.4, -0.2) is 40.7 Å². The van der Waals surface area contributed by atoms with Crippen molar-refractivity contribution < 1.29 is 28.9 Å². The van der Waals surface area contributed by atoms with Crippen molar-refractivity contribution in [2.45, 2.75) is 26.5 Å². The highest BCUT2D eigenvalue weighted by Gasteiger charge is 2.24. The predicted octanol–water partition coefficient (Wildman–Crippen LogP) is 4.34. The lowest BCUT2D eigenvalue weighted by molar-refractivity contribution is 0.0471. The zero-order chi connectivity index (χ0) is 22.8. The quantitative estimate of drug-likeness (QED) is 0.439. The molecule has 2 heterocycles.